The van der Waals surface area contributed by atoms with Gasteiger partial charge in [0.1, 0.15) is 11.5 Å². The van der Waals surface area contributed by atoms with Crippen LogP contribution < -0.4 is 0 Å². The van der Waals surface area contributed by atoms with Crippen LogP contribution in [0, 0.1) is 0 Å². The van der Waals surface area contributed by atoms with E-state index in [1.807, 2.05) is 19.9 Å². The normalized spacial score (nSPS) is 15.3. The molecule has 2 N–H and O–H groups in total. The molecule has 0 aromatic heterocycles. The van der Waals surface area contributed by atoms with Gasteiger partial charge in [0.15, 0.2) is 6.10 Å². The van der Waals surface area contributed by atoms with Gasteiger partial charge < -0.3 is 19.7 Å². The summed E-state index contributed by atoms with van der Waals surface area (Å²) in [5.74, 6) is -0.858. The number of carboxylic acids is 1. The highest BCUT2D eigenvalue weighted by Crippen LogP contribution is 2.17. The molecule has 0 aliphatic carbocycles. The third kappa shape index (κ3) is 18.7. The molecule has 0 saturated carbocycles. The van der Waals surface area contributed by atoms with Gasteiger partial charge in [-0.2, -0.15) is 0 Å². The lowest BCUT2D eigenvalue weighted by Crippen LogP contribution is -2.12. The lowest BCUT2D eigenvalue weighted by atomic mass is 10.2. The first-order valence-corrected chi connectivity index (χ1v) is 10.3. The Bertz CT molecular complexity index is 649. The average Bonchev–Trinajstić information content (AvgIpc) is 2.87. The molecule has 30 heavy (non-hydrogen) atoms. The summed E-state index contributed by atoms with van der Waals surface area (Å²) in [4.78, 5) is 31.1. The van der Waals surface area contributed by atoms with E-state index in [0.717, 1.165) is 18.9 Å². The van der Waals surface area contributed by atoms with Gasteiger partial charge in [0.25, 0.3) is 0 Å². The topological polar surface area (TPSA) is 101 Å². The molecular formula is C24H38O6. The minimum atomic E-state index is -0.895. The van der Waals surface area contributed by atoms with Crippen LogP contribution in [0.25, 0.3) is 0 Å². The maximum atomic E-state index is 10.7. The van der Waals surface area contributed by atoms with Gasteiger partial charge >= 0.3 is 5.97 Å². The SMILES string of the molecule is CC(=O)CCC=C(C)C.CC1=C(O)C(=O)C(C)O1.CCCCCC=CC=CC(=O)O. The Hall–Kier alpha value is -2.63. The van der Waals surface area contributed by atoms with Gasteiger partial charge in [-0.1, -0.05) is 49.6 Å². The Balaban J connectivity index is 0. The summed E-state index contributed by atoms with van der Waals surface area (Å²) in [5, 5.41) is 17.1. The highest BCUT2D eigenvalue weighted by Gasteiger charge is 2.28. The second-order valence-corrected chi connectivity index (χ2v) is 7.17. The summed E-state index contributed by atoms with van der Waals surface area (Å²) in [5.41, 5.74) is 1.29. The summed E-state index contributed by atoms with van der Waals surface area (Å²) in [6, 6.07) is 0. The molecule has 1 heterocycles. The number of ether oxygens (including phenoxy) is 1. The number of unbranched alkanes of at least 4 members (excludes halogenated alkanes) is 3. The highest BCUT2D eigenvalue weighted by molar-refractivity contribution is 5.98. The number of allylic oxidation sites excluding steroid dienone is 6. The standard InChI is InChI=1S/C10H16O2.C8H14O.C6H8O3/c1-2-3-4-5-6-7-8-9-10(11)12;1-7(2)5-4-6-8(3)9;1-3-5(7)6(8)4(2)9-3/h6-9H,2-5H2,1H3,(H,11,12);5H,4,6H2,1-3H3;3,8H,1-2H3. The largest absolute Gasteiger partial charge is 0.502 e. The van der Waals surface area contributed by atoms with Crippen molar-refractivity contribution in [1.29, 1.82) is 0 Å². The zero-order chi connectivity index (χ0) is 23.5. The van der Waals surface area contributed by atoms with Crippen molar-refractivity contribution in [2.24, 2.45) is 0 Å². The molecule has 6 nitrogen and oxygen atoms in total. The van der Waals surface area contributed by atoms with Gasteiger partial charge in [0.2, 0.25) is 11.5 Å². The van der Waals surface area contributed by atoms with Crippen molar-refractivity contribution in [2.45, 2.75) is 86.2 Å². The number of Topliss-reactive ketones (excluding diaryl/α,β-unsaturated/α-hetero) is 2. The number of carboxylic acid groups (broad SMARTS) is 1. The third-order valence-electron chi connectivity index (χ3n) is 3.80. The van der Waals surface area contributed by atoms with E-state index < -0.39 is 12.1 Å². The monoisotopic (exact) mass is 422 g/mol. The van der Waals surface area contributed by atoms with Crippen LogP contribution in [-0.2, 0) is 19.1 Å². The number of aliphatic carboxylic acids is 1. The molecule has 0 saturated heterocycles. The molecule has 1 unspecified atom stereocenters. The van der Waals surface area contributed by atoms with Crippen molar-refractivity contribution < 1.29 is 29.3 Å². The Kier molecular flexibility index (Phi) is 18.1. The Labute approximate surface area is 181 Å². The summed E-state index contributed by atoms with van der Waals surface area (Å²) >= 11 is 0. The third-order valence-corrected chi connectivity index (χ3v) is 3.80. The minimum Gasteiger partial charge on any atom is -0.502 e. The molecule has 0 fully saturated rings. The molecule has 170 valence electrons. The van der Waals surface area contributed by atoms with E-state index in [0.29, 0.717) is 12.2 Å². The predicted octanol–water partition coefficient (Wildman–Crippen LogP) is 5.85. The van der Waals surface area contributed by atoms with Crippen LogP contribution in [0.2, 0.25) is 0 Å². The maximum absolute atomic E-state index is 10.7. The quantitative estimate of drug-likeness (QED) is 0.209. The molecule has 0 spiro atoms. The Morgan fingerprint density at radius 3 is 2.10 bits per heavy atom. The first kappa shape index (κ1) is 29.6. The van der Waals surface area contributed by atoms with Crippen molar-refractivity contribution >= 4 is 17.5 Å². The summed E-state index contributed by atoms with van der Waals surface area (Å²) in [7, 11) is 0. The van der Waals surface area contributed by atoms with E-state index in [1.165, 1.54) is 24.8 Å². The number of rotatable bonds is 9. The molecule has 1 aliphatic heterocycles. The maximum Gasteiger partial charge on any atom is 0.328 e. The summed E-state index contributed by atoms with van der Waals surface area (Å²) < 4.78 is 4.87. The van der Waals surface area contributed by atoms with Gasteiger partial charge in [0, 0.05) is 12.5 Å². The Morgan fingerprint density at radius 1 is 1.10 bits per heavy atom. The first-order valence-electron chi connectivity index (χ1n) is 10.3. The van der Waals surface area contributed by atoms with Crippen LogP contribution in [0.15, 0.2) is 47.5 Å². The smallest absolute Gasteiger partial charge is 0.328 e. The molecule has 0 amide bonds. The lowest BCUT2D eigenvalue weighted by Gasteiger charge is -1.99. The molecule has 0 radical (unpaired) electrons. The van der Waals surface area contributed by atoms with E-state index in [1.54, 1.807) is 32.9 Å². The van der Waals surface area contributed by atoms with Crippen molar-refractivity contribution in [3.63, 3.8) is 0 Å². The van der Waals surface area contributed by atoms with Crippen LogP contribution in [-0.4, -0.2) is 33.9 Å². The number of aliphatic hydroxyl groups is 1. The molecule has 0 aromatic carbocycles. The van der Waals surface area contributed by atoms with Gasteiger partial charge in [0.05, 0.1) is 0 Å². The molecule has 0 bridgehead atoms. The predicted molar refractivity (Wildman–Crippen MR) is 120 cm³/mol. The zero-order valence-corrected chi connectivity index (χ0v) is 19.2. The van der Waals surface area contributed by atoms with Gasteiger partial charge in [-0.3, -0.25) is 4.79 Å². The minimum absolute atomic E-state index is 0.234. The van der Waals surface area contributed by atoms with E-state index >= 15 is 0 Å². The summed E-state index contributed by atoms with van der Waals surface area (Å²) in [6.07, 6.45) is 14.3. The number of hydrogen-bond acceptors (Lipinski definition) is 5. The number of aliphatic hydroxyl groups excluding tert-OH is 1. The molecule has 1 rings (SSSR count). The van der Waals surface area contributed by atoms with Gasteiger partial charge in [-0.05, 0) is 53.9 Å². The van der Waals surface area contributed by atoms with Crippen molar-refractivity contribution in [3.05, 3.63) is 47.5 Å². The van der Waals surface area contributed by atoms with Crippen LogP contribution in [0.1, 0.15) is 80.1 Å². The van der Waals surface area contributed by atoms with Crippen LogP contribution in [0.4, 0.5) is 0 Å². The highest BCUT2D eigenvalue weighted by atomic mass is 16.5. The molecule has 6 heteroatoms. The van der Waals surface area contributed by atoms with E-state index in [-0.39, 0.29) is 17.3 Å². The Morgan fingerprint density at radius 2 is 1.73 bits per heavy atom. The van der Waals surface area contributed by atoms with Gasteiger partial charge in [-0.15, -0.1) is 0 Å². The molecular weight excluding hydrogens is 384 g/mol. The first-order chi connectivity index (χ1) is 14.0. The molecule has 1 atom stereocenters. The van der Waals surface area contributed by atoms with E-state index in [2.05, 4.69) is 13.0 Å². The van der Waals surface area contributed by atoms with Crippen LogP contribution in [0.3, 0.4) is 0 Å². The number of hydrogen-bond donors (Lipinski definition) is 2. The van der Waals surface area contributed by atoms with Crippen LogP contribution >= 0.6 is 0 Å². The fourth-order valence-corrected chi connectivity index (χ4v) is 2.13. The summed E-state index contributed by atoms with van der Waals surface area (Å²) in [6.45, 7) is 11.0. The van der Waals surface area contributed by atoms with Crippen LogP contribution in [0.5, 0.6) is 0 Å². The van der Waals surface area contributed by atoms with Gasteiger partial charge in [-0.25, -0.2) is 4.79 Å². The fourth-order valence-electron chi connectivity index (χ4n) is 2.13. The average molecular weight is 423 g/mol. The van der Waals surface area contributed by atoms with E-state index in [9.17, 15) is 14.4 Å². The molecule has 0 aromatic rings. The second-order valence-electron chi connectivity index (χ2n) is 7.17. The number of carbonyl (C=O) groups excluding carboxylic acids is 2. The van der Waals surface area contributed by atoms with Crippen molar-refractivity contribution in [3.8, 4) is 0 Å². The lowest BCUT2D eigenvalue weighted by molar-refractivity contribution is -0.131. The number of ketones is 2. The fraction of sp³-hybridized carbons (Fsp3) is 0.542. The van der Waals surface area contributed by atoms with E-state index in [4.69, 9.17) is 14.9 Å². The van der Waals surface area contributed by atoms with Crippen molar-refractivity contribution in [2.75, 3.05) is 0 Å². The molecule has 1 aliphatic rings. The van der Waals surface area contributed by atoms with Crippen molar-refractivity contribution in [1.82, 2.24) is 0 Å². The zero-order valence-electron chi connectivity index (χ0n) is 19.2. The number of carbonyl (C=O) groups is 3. The second kappa shape index (κ2) is 18.4.